The minimum absolute atomic E-state index is 0.666. The summed E-state index contributed by atoms with van der Waals surface area (Å²) in [6, 6.07) is 6.27. The van der Waals surface area contributed by atoms with Crippen LogP contribution in [0.1, 0.15) is 12.0 Å². The van der Waals surface area contributed by atoms with Crippen LogP contribution in [-0.2, 0) is 9.47 Å². The highest BCUT2D eigenvalue weighted by molar-refractivity contribution is 9.10. The molecule has 1 aromatic carbocycles. The molecule has 1 N–H and O–H groups in total. The maximum atomic E-state index is 5.38. The van der Waals surface area contributed by atoms with E-state index in [2.05, 4.69) is 46.4 Å². The van der Waals surface area contributed by atoms with Crippen molar-refractivity contribution in [2.45, 2.75) is 13.3 Å². The number of aryl methyl sites for hydroxylation is 1. The molecule has 0 fully saturated rings. The number of hydrogen-bond donors (Lipinski definition) is 1. The molecule has 3 nitrogen and oxygen atoms in total. The van der Waals surface area contributed by atoms with E-state index >= 15 is 0 Å². The Morgan fingerprint density at radius 3 is 2.76 bits per heavy atom. The van der Waals surface area contributed by atoms with Crippen LogP contribution in [0.2, 0.25) is 0 Å². The van der Waals surface area contributed by atoms with Gasteiger partial charge in [-0.3, -0.25) is 0 Å². The average Bonchev–Trinajstić information content (AvgIpc) is 2.32. The van der Waals surface area contributed by atoms with E-state index in [9.17, 15) is 0 Å². The van der Waals surface area contributed by atoms with Crippen LogP contribution in [0, 0.1) is 6.92 Å². The molecule has 0 spiro atoms. The van der Waals surface area contributed by atoms with Crippen LogP contribution >= 0.6 is 15.9 Å². The third-order valence-electron chi connectivity index (χ3n) is 2.38. The number of ether oxygens (including phenoxy) is 2. The normalized spacial score (nSPS) is 10.5. The number of anilines is 1. The maximum absolute atomic E-state index is 5.38. The van der Waals surface area contributed by atoms with Crippen molar-refractivity contribution in [3.63, 3.8) is 0 Å². The molecule has 0 aliphatic rings. The lowest BCUT2D eigenvalue weighted by molar-refractivity contribution is 0.0705. The van der Waals surface area contributed by atoms with E-state index < -0.39 is 0 Å². The molecule has 0 atom stereocenters. The lowest BCUT2D eigenvalue weighted by atomic mass is 10.2. The Morgan fingerprint density at radius 2 is 2.06 bits per heavy atom. The molecule has 4 heteroatoms. The minimum atomic E-state index is 0.666. The highest BCUT2D eigenvalue weighted by Crippen LogP contribution is 2.19. The predicted octanol–water partition coefficient (Wildman–Crippen LogP) is 3.22. The van der Waals surface area contributed by atoms with Gasteiger partial charge in [0.15, 0.2) is 0 Å². The molecule has 1 rings (SSSR count). The van der Waals surface area contributed by atoms with E-state index in [1.165, 1.54) is 5.56 Å². The van der Waals surface area contributed by atoms with Crippen molar-refractivity contribution in [2.75, 3.05) is 38.8 Å². The number of benzene rings is 1. The molecule has 0 amide bonds. The molecule has 96 valence electrons. The van der Waals surface area contributed by atoms with Gasteiger partial charge in [0.2, 0.25) is 0 Å². The van der Waals surface area contributed by atoms with Crippen LogP contribution in [-0.4, -0.2) is 33.5 Å². The number of halogens is 1. The van der Waals surface area contributed by atoms with Gasteiger partial charge in [-0.05, 0) is 37.1 Å². The molecule has 0 aromatic heterocycles. The summed E-state index contributed by atoms with van der Waals surface area (Å²) in [5, 5.41) is 3.37. The topological polar surface area (TPSA) is 30.5 Å². The lowest BCUT2D eigenvalue weighted by Crippen LogP contribution is -2.08. The number of nitrogens with one attached hydrogen (secondary N) is 1. The summed E-state index contributed by atoms with van der Waals surface area (Å²) in [6.07, 6.45) is 0.999. The summed E-state index contributed by atoms with van der Waals surface area (Å²) in [6.45, 7) is 5.12. The predicted molar refractivity (Wildman–Crippen MR) is 74.7 cm³/mol. The Morgan fingerprint density at radius 1 is 1.24 bits per heavy atom. The summed E-state index contributed by atoms with van der Waals surface area (Å²) >= 11 is 3.49. The standard InChI is InChI=1S/C13H20BrNO2/c1-11-10-12(4-5-13(11)14)15-6-3-7-17-9-8-16-2/h4-5,10,15H,3,6-9H2,1-2H3. The number of rotatable bonds is 8. The summed E-state index contributed by atoms with van der Waals surface area (Å²) < 4.78 is 11.4. The zero-order valence-corrected chi connectivity index (χ0v) is 12.0. The van der Waals surface area contributed by atoms with E-state index in [4.69, 9.17) is 9.47 Å². The van der Waals surface area contributed by atoms with Crippen molar-refractivity contribution in [1.82, 2.24) is 0 Å². The van der Waals surface area contributed by atoms with Crippen molar-refractivity contribution in [3.8, 4) is 0 Å². The molecule has 0 unspecified atom stereocenters. The fourth-order valence-electron chi connectivity index (χ4n) is 1.41. The number of methoxy groups -OCH3 is 1. The second-order valence-corrected chi connectivity index (χ2v) is 4.70. The second-order valence-electron chi connectivity index (χ2n) is 3.85. The SMILES string of the molecule is COCCOCCCNc1ccc(Br)c(C)c1. The first kappa shape index (κ1) is 14.5. The Hall–Kier alpha value is -0.580. The molecule has 0 radical (unpaired) electrons. The van der Waals surface area contributed by atoms with Crippen LogP contribution in [0.3, 0.4) is 0 Å². The Balaban J connectivity index is 2.11. The van der Waals surface area contributed by atoms with Gasteiger partial charge in [0, 0.05) is 30.4 Å². The van der Waals surface area contributed by atoms with Gasteiger partial charge in [-0.1, -0.05) is 15.9 Å². The molecular weight excluding hydrogens is 282 g/mol. The maximum Gasteiger partial charge on any atom is 0.0700 e. The van der Waals surface area contributed by atoms with Crippen molar-refractivity contribution in [1.29, 1.82) is 0 Å². The van der Waals surface area contributed by atoms with Crippen molar-refractivity contribution < 1.29 is 9.47 Å². The van der Waals surface area contributed by atoms with E-state index in [1.807, 2.05) is 0 Å². The average molecular weight is 302 g/mol. The van der Waals surface area contributed by atoms with Crippen LogP contribution in [0.15, 0.2) is 22.7 Å². The quantitative estimate of drug-likeness (QED) is 0.748. The van der Waals surface area contributed by atoms with Gasteiger partial charge in [-0.15, -0.1) is 0 Å². The monoisotopic (exact) mass is 301 g/mol. The lowest BCUT2D eigenvalue weighted by Gasteiger charge is -2.08. The fourth-order valence-corrected chi connectivity index (χ4v) is 1.65. The largest absolute Gasteiger partial charge is 0.385 e. The van der Waals surface area contributed by atoms with Crippen LogP contribution < -0.4 is 5.32 Å². The summed E-state index contributed by atoms with van der Waals surface area (Å²) in [7, 11) is 1.68. The van der Waals surface area contributed by atoms with E-state index in [0.29, 0.717) is 13.2 Å². The summed E-state index contributed by atoms with van der Waals surface area (Å²) in [5.74, 6) is 0. The van der Waals surface area contributed by atoms with Crippen LogP contribution in [0.4, 0.5) is 5.69 Å². The summed E-state index contributed by atoms with van der Waals surface area (Å²) in [5.41, 5.74) is 2.40. The van der Waals surface area contributed by atoms with Crippen molar-refractivity contribution in [2.24, 2.45) is 0 Å². The molecule has 0 saturated heterocycles. The van der Waals surface area contributed by atoms with Crippen molar-refractivity contribution in [3.05, 3.63) is 28.2 Å². The molecule has 0 saturated carbocycles. The van der Waals surface area contributed by atoms with Gasteiger partial charge in [0.25, 0.3) is 0 Å². The Labute approximate surface area is 112 Å². The smallest absolute Gasteiger partial charge is 0.0700 e. The zero-order chi connectivity index (χ0) is 12.5. The molecule has 0 heterocycles. The zero-order valence-electron chi connectivity index (χ0n) is 10.5. The minimum Gasteiger partial charge on any atom is -0.385 e. The third-order valence-corrected chi connectivity index (χ3v) is 3.27. The van der Waals surface area contributed by atoms with E-state index in [0.717, 1.165) is 29.7 Å². The highest BCUT2D eigenvalue weighted by Gasteiger charge is 1.96. The number of hydrogen-bond acceptors (Lipinski definition) is 3. The van der Waals surface area contributed by atoms with Crippen LogP contribution in [0.5, 0.6) is 0 Å². The second kappa shape index (κ2) is 8.50. The fraction of sp³-hybridized carbons (Fsp3) is 0.538. The first-order valence-electron chi connectivity index (χ1n) is 5.80. The molecule has 0 aliphatic carbocycles. The van der Waals surface area contributed by atoms with Gasteiger partial charge >= 0.3 is 0 Å². The molecular formula is C13H20BrNO2. The highest BCUT2D eigenvalue weighted by atomic mass is 79.9. The molecule has 0 aliphatic heterocycles. The summed E-state index contributed by atoms with van der Waals surface area (Å²) in [4.78, 5) is 0. The molecule has 0 bridgehead atoms. The van der Waals surface area contributed by atoms with Gasteiger partial charge < -0.3 is 14.8 Å². The van der Waals surface area contributed by atoms with Crippen molar-refractivity contribution >= 4 is 21.6 Å². The third kappa shape index (κ3) is 6.05. The first-order valence-corrected chi connectivity index (χ1v) is 6.60. The van der Waals surface area contributed by atoms with Gasteiger partial charge in [-0.2, -0.15) is 0 Å². The van der Waals surface area contributed by atoms with Gasteiger partial charge in [0.05, 0.1) is 13.2 Å². The Bertz CT molecular complexity index is 331. The van der Waals surface area contributed by atoms with Gasteiger partial charge in [0.1, 0.15) is 0 Å². The van der Waals surface area contributed by atoms with E-state index in [1.54, 1.807) is 7.11 Å². The van der Waals surface area contributed by atoms with E-state index in [-0.39, 0.29) is 0 Å². The Kier molecular flexibility index (Phi) is 7.24. The van der Waals surface area contributed by atoms with Gasteiger partial charge in [-0.25, -0.2) is 0 Å². The molecule has 1 aromatic rings. The van der Waals surface area contributed by atoms with Crippen LogP contribution in [0.25, 0.3) is 0 Å². The first-order chi connectivity index (χ1) is 8.24. The molecule has 17 heavy (non-hydrogen) atoms.